The van der Waals surface area contributed by atoms with Gasteiger partial charge in [-0.2, -0.15) is 0 Å². The highest BCUT2D eigenvalue weighted by Gasteiger charge is 2.46. The van der Waals surface area contributed by atoms with Gasteiger partial charge in [-0.1, -0.05) is 39.7 Å². The second kappa shape index (κ2) is 5.91. The molecule has 0 radical (unpaired) electrons. The van der Waals surface area contributed by atoms with E-state index in [0.29, 0.717) is 16.9 Å². The van der Waals surface area contributed by atoms with Crippen LogP contribution in [0.4, 0.5) is 0 Å². The van der Waals surface area contributed by atoms with Gasteiger partial charge in [-0.25, -0.2) is 4.79 Å². The van der Waals surface area contributed by atoms with Crippen molar-refractivity contribution in [2.45, 2.75) is 84.2 Å². The first kappa shape index (κ1) is 15.6. The number of ether oxygens (including phenoxy) is 1. The minimum absolute atomic E-state index is 0.185. The van der Waals surface area contributed by atoms with Crippen LogP contribution in [0.2, 0.25) is 0 Å². The molecule has 0 aliphatic heterocycles. The molecule has 2 nitrogen and oxygen atoms in total. The Kier molecular flexibility index (Phi) is 4.61. The van der Waals surface area contributed by atoms with Crippen LogP contribution in [-0.4, -0.2) is 11.6 Å². The van der Waals surface area contributed by atoms with E-state index in [-0.39, 0.29) is 11.6 Å². The summed E-state index contributed by atoms with van der Waals surface area (Å²) in [7, 11) is 0. The largest absolute Gasteiger partial charge is 0.455 e. The summed E-state index contributed by atoms with van der Waals surface area (Å²) in [5.41, 5.74) is 0.727. The average molecular weight is 278 g/mol. The summed E-state index contributed by atoms with van der Waals surface area (Å²) in [5.74, 6) is 0.380. The predicted molar refractivity (Wildman–Crippen MR) is 82.5 cm³/mol. The number of hydrogen-bond acceptors (Lipinski definition) is 2. The minimum atomic E-state index is -0.202. The van der Waals surface area contributed by atoms with Gasteiger partial charge in [0.2, 0.25) is 0 Å². The monoisotopic (exact) mass is 278 g/mol. The molecule has 2 fully saturated rings. The maximum atomic E-state index is 12.1. The van der Waals surface area contributed by atoms with Crippen molar-refractivity contribution in [2.75, 3.05) is 0 Å². The number of esters is 1. The fraction of sp³-hybridized carbons (Fsp3) is 0.833. The SMILES string of the molecule is C=C(C)C(=O)OC1(C2CCCCC2)CCC(C)(C)CC1. The van der Waals surface area contributed by atoms with Gasteiger partial charge < -0.3 is 4.74 Å². The Hall–Kier alpha value is -0.790. The van der Waals surface area contributed by atoms with Gasteiger partial charge >= 0.3 is 5.97 Å². The molecule has 2 aliphatic rings. The maximum Gasteiger partial charge on any atom is 0.333 e. The first-order chi connectivity index (χ1) is 9.35. The van der Waals surface area contributed by atoms with E-state index in [1.807, 2.05) is 0 Å². The van der Waals surface area contributed by atoms with E-state index < -0.39 is 0 Å². The van der Waals surface area contributed by atoms with Gasteiger partial charge in [0, 0.05) is 5.57 Å². The van der Waals surface area contributed by atoms with Gasteiger partial charge in [-0.3, -0.25) is 0 Å². The smallest absolute Gasteiger partial charge is 0.333 e. The second-order valence-corrected chi connectivity index (χ2v) is 7.73. The molecule has 0 heterocycles. The van der Waals surface area contributed by atoms with E-state index in [1.165, 1.54) is 32.1 Å². The second-order valence-electron chi connectivity index (χ2n) is 7.73. The van der Waals surface area contributed by atoms with Gasteiger partial charge in [-0.05, 0) is 56.8 Å². The van der Waals surface area contributed by atoms with E-state index >= 15 is 0 Å². The lowest BCUT2D eigenvalue weighted by Crippen LogP contribution is -2.47. The fourth-order valence-corrected chi connectivity index (χ4v) is 3.84. The standard InChI is InChI=1S/C18H30O2/c1-14(2)16(19)20-18(15-8-6-5-7-9-15)12-10-17(3,4)11-13-18/h15H,1,5-13H2,2-4H3. The summed E-state index contributed by atoms with van der Waals surface area (Å²) >= 11 is 0. The van der Waals surface area contributed by atoms with Crippen molar-refractivity contribution in [3.63, 3.8) is 0 Å². The molecule has 0 atom stereocenters. The quantitative estimate of drug-likeness (QED) is 0.535. The molecule has 0 saturated heterocycles. The molecule has 0 spiro atoms. The molecule has 0 unspecified atom stereocenters. The molecular weight excluding hydrogens is 248 g/mol. The van der Waals surface area contributed by atoms with E-state index in [0.717, 1.165) is 25.7 Å². The van der Waals surface area contributed by atoms with E-state index in [2.05, 4.69) is 20.4 Å². The number of carbonyl (C=O) groups excluding carboxylic acids is 1. The summed E-state index contributed by atoms with van der Waals surface area (Å²) in [6.07, 6.45) is 10.8. The summed E-state index contributed by atoms with van der Waals surface area (Å²) < 4.78 is 6.03. The molecule has 0 N–H and O–H groups in total. The van der Waals surface area contributed by atoms with Crippen molar-refractivity contribution in [3.05, 3.63) is 12.2 Å². The van der Waals surface area contributed by atoms with Crippen LogP contribution in [0, 0.1) is 11.3 Å². The van der Waals surface area contributed by atoms with Gasteiger partial charge in [0.1, 0.15) is 5.60 Å². The first-order valence-corrected chi connectivity index (χ1v) is 8.24. The van der Waals surface area contributed by atoms with Crippen molar-refractivity contribution in [1.29, 1.82) is 0 Å². The Morgan fingerprint density at radius 3 is 2.10 bits per heavy atom. The molecule has 2 aliphatic carbocycles. The Labute approximate surface area is 124 Å². The molecule has 2 saturated carbocycles. The minimum Gasteiger partial charge on any atom is -0.455 e. The van der Waals surface area contributed by atoms with Crippen LogP contribution in [0.5, 0.6) is 0 Å². The number of hydrogen-bond donors (Lipinski definition) is 0. The molecule has 0 aromatic heterocycles. The van der Waals surface area contributed by atoms with Crippen LogP contribution in [0.3, 0.4) is 0 Å². The lowest BCUT2D eigenvalue weighted by atomic mass is 9.64. The van der Waals surface area contributed by atoms with Crippen molar-refractivity contribution < 1.29 is 9.53 Å². The summed E-state index contributed by atoms with van der Waals surface area (Å²) in [6, 6.07) is 0. The van der Waals surface area contributed by atoms with Gasteiger partial charge in [0.05, 0.1) is 0 Å². The van der Waals surface area contributed by atoms with Gasteiger partial charge in [0.15, 0.2) is 0 Å². The van der Waals surface area contributed by atoms with Gasteiger partial charge in [-0.15, -0.1) is 0 Å². The maximum absolute atomic E-state index is 12.1. The molecule has 114 valence electrons. The highest BCUT2D eigenvalue weighted by molar-refractivity contribution is 5.87. The lowest BCUT2D eigenvalue weighted by molar-refractivity contribution is -0.172. The summed E-state index contributed by atoms with van der Waals surface area (Å²) in [6.45, 7) is 10.2. The number of carbonyl (C=O) groups is 1. The fourth-order valence-electron chi connectivity index (χ4n) is 3.84. The molecule has 0 aromatic carbocycles. The van der Waals surface area contributed by atoms with Crippen molar-refractivity contribution in [1.82, 2.24) is 0 Å². The normalized spacial score (nSPS) is 25.9. The average Bonchev–Trinajstić information content (AvgIpc) is 2.42. The number of rotatable bonds is 3. The van der Waals surface area contributed by atoms with Crippen LogP contribution >= 0.6 is 0 Å². The summed E-state index contributed by atoms with van der Waals surface area (Å²) in [4.78, 5) is 12.1. The van der Waals surface area contributed by atoms with Crippen LogP contribution in [0.1, 0.15) is 78.6 Å². The predicted octanol–water partition coefficient (Wildman–Crippen LogP) is 5.03. The zero-order valence-electron chi connectivity index (χ0n) is 13.5. The highest BCUT2D eigenvalue weighted by atomic mass is 16.6. The van der Waals surface area contributed by atoms with Crippen LogP contribution in [0.15, 0.2) is 12.2 Å². The molecule has 2 rings (SSSR count). The van der Waals surface area contributed by atoms with Crippen molar-refractivity contribution >= 4 is 5.97 Å². The Balaban J connectivity index is 2.15. The Morgan fingerprint density at radius 1 is 1.05 bits per heavy atom. The van der Waals surface area contributed by atoms with Crippen LogP contribution in [-0.2, 0) is 9.53 Å². The first-order valence-electron chi connectivity index (χ1n) is 8.24. The van der Waals surface area contributed by atoms with Crippen molar-refractivity contribution in [2.24, 2.45) is 11.3 Å². The molecule has 0 bridgehead atoms. The Bertz CT molecular complexity index is 365. The van der Waals surface area contributed by atoms with E-state index in [1.54, 1.807) is 6.92 Å². The Morgan fingerprint density at radius 2 is 1.60 bits per heavy atom. The third-order valence-electron chi connectivity index (χ3n) is 5.44. The lowest BCUT2D eigenvalue weighted by Gasteiger charge is -2.48. The third-order valence-corrected chi connectivity index (χ3v) is 5.44. The topological polar surface area (TPSA) is 26.3 Å². The molecule has 0 aromatic rings. The molecular formula is C18H30O2. The zero-order chi connectivity index (χ0) is 14.8. The van der Waals surface area contributed by atoms with Crippen molar-refractivity contribution in [3.8, 4) is 0 Å². The zero-order valence-corrected chi connectivity index (χ0v) is 13.5. The molecule has 2 heteroatoms. The third kappa shape index (κ3) is 3.45. The van der Waals surface area contributed by atoms with Gasteiger partial charge in [0.25, 0.3) is 0 Å². The van der Waals surface area contributed by atoms with E-state index in [9.17, 15) is 4.79 Å². The molecule has 0 amide bonds. The van der Waals surface area contributed by atoms with E-state index in [4.69, 9.17) is 4.74 Å². The van der Waals surface area contributed by atoms with Crippen LogP contribution < -0.4 is 0 Å². The highest BCUT2D eigenvalue weighted by Crippen LogP contribution is 2.49. The summed E-state index contributed by atoms with van der Waals surface area (Å²) in [5, 5.41) is 0. The van der Waals surface area contributed by atoms with Crippen LogP contribution in [0.25, 0.3) is 0 Å². The molecule has 20 heavy (non-hydrogen) atoms.